The van der Waals surface area contributed by atoms with Gasteiger partial charge in [0.2, 0.25) is 0 Å². The number of esters is 1. The van der Waals surface area contributed by atoms with Gasteiger partial charge in [0.1, 0.15) is 23.9 Å². The molecule has 0 aliphatic carbocycles. The molecule has 0 unspecified atom stereocenters. The zero-order valence-corrected chi connectivity index (χ0v) is 36.1. The number of cyclic esters (lactones) is 1. The molecule has 0 saturated carbocycles. The number of likely N-dealkylation sites (N-methyl/N-ethyl adjacent to an activating group) is 1. The molecule has 5 heterocycles. The Bertz CT molecular complexity index is 1740. The van der Waals surface area contributed by atoms with Gasteiger partial charge in [-0.3, -0.25) is 19.4 Å². The second-order valence-electron chi connectivity index (χ2n) is 17.3. The lowest BCUT2D eigenvalue weighted by Gasteiger charge is -2.47. The number of rotatable bonds is 11. The van der Waals surface area contributed by atoms with Crippen molar-refractivity contribution in [3.8, 4) is 11.3 Å². The third-order valence-corrected chi connectivity index (χ3v) is 12.8. The Hall–Kier alpha value is -3.76. The minimum atomic E-state index is -1.40. The summed E-state index contributed by atoms with van der Waals surface area (Å²) in [5, 5.41) is 11.4. The molecule has 1 N–H and O–H groups in total. The van der Waals surface area contributed by atoms with Crippen molar-refractivity contribution in [2.45, 2.75) is 148 Å². The highest BCUT2D eigenvalue weighted by atomic mass is 16.7. The average molecular weight is 812 g/mol. The van der Waals surface area contributed by atoms with Crippen LogP contribution in [-0.4, -0.2) is 135 Å². The van der Waals surface area contributed by atoms with Gasteiger partial charge in [-0.2, -0.15) is 0 Å². The molecule has 0 radical (unpaired) electrons. The fourth-order valence-electron chi connectivity index (χ4n) is 9.43. The summed E-state index contributed by atoms with van der Waals surface area (Å²) in [6.07, 6.45) is 4.45. The molecule has 58 heavy (non-hydrogen) atoms. The molecule has 3 aliphatic heterocycles. The number of hydrogen-bond acceptors (Lipinski definition) is 13. The summed E-state index contributed by atoms with van der Waals surface area (Å²) in [6.45, 7) is 14.9. The second kappa shape index (κ2) is 18.7. The first-order valence-corrected chi connectivity index (χ1v) is 20.8. The van der Waals surface area contributed by atoms with Crippen molar-refractivity contribution >= 4 is 23.6 Å². The predicted molar refractivity (Wildman–Crippen MR) is 214 cm³/mol. The third-order valence-electron chi connectivity index (χ3n) is 12.8. The Labute approximate surface area is 343 Å². The Morgan fingerprint density at radius 2 is 1.72 bits per heavy atom. The fourth-order valence-corrected chi connectivity index (χ4v) is 9.43. The minimum absolute atomic E-state index is 0.130. The zero-order valence-electron chi connectivity index (χ0n) is 36.1. The van der Waals surface area contributed by atoms with Crippen LogP contribution in [0.1, 0.15) is 87.5 Å². The normalized spacial score (nSPS) is 36.7. The molecule has 15 nitrogen and oxygen atoms in total. The number of imidazole rings is 1. The topological polar surface area (TPSA) is 172 Å². The number of pyridine rings is 1. The lowest BCUT2D eigenvalue weighted by atomic mass is 9.73. The number of unbranched alkanes of at least 4 members (excludes halogenated alkanes) is 1. The lowest BCUT2D eigenvalue weighted by molar-refractivity contribution is -0.295. The van der Waals surface area contributed by atoms with Crippen LogP contribution >= 0.6 is 0 Å². The minimum Gasteiger partial charge on any atom is -0.458 e. The molecule has 0 bridgehead atoms. The van der Waals surface area contributed by atoms with E-state index in [-0.39, 0.29) is 30.8 Å². The van der Waals surface area contributed by atoms with E-state index in [2.05, 4.69) is 9.97 Å². The number of fused-ring (bicyclic) bond motifs is 1. The van der Waals surface area contributed by atoms with E-state index in [1.165, 1.54) is 14.0 Å². The maximum absolute atomic E-state index is 14.7. The lowest BCUT2D eigenvalue weighted by Crippen LogP contribution is -2.60. The van der Waals surface area contributed by atoms with Crippen LogP contribution in [0.25, 0.3) is 11.3 Å². The molecule has 5 rings (SSSR count). The molecule has 3 saturated heterocycles. The first-order chi connectivity index (χ1) is 27.4. The van der Waals surface area contributed by atoms with Gasteiger partial charge in [0, 0.05) is 68.1 Å². The largest absolute Gasteiger partial charge is 0.458 e. The Balaban J connectivity index is 1.43. The quantitative estimate of drug-likeness (QED) is 0.184. The number of ether oxygens (including phenoxy) is 5. The van der Waals surface area contributed by atoms with Gasteiger partial charge in [-0.25, -0.2) is 9.78 Å². The predicted octanol–water partition coefficient (Wildman–Crippen LogP) is 4.93. The van der Waals surface area contributed by atoms with E-state index in [1.54, 1.807) is 51.3 Å². The van der Waals surface area contributed by atoms with Gasteiger partial charge < -0.3 is 43.2 Å². The molecule has 3 aliphatic rings. The maximum atomic E-state index is 14.7. The van der Waals surface area contributed by atoms with Crippen molar-refractivity contribution < 1.29 is 48.0 Å². The smallest absolute Gasteiger partial charge is 0.410 e. The van der Waals surface area contributed by atoms with E-state index in [4.69, 9.17) is 23.7 Å². The number of amides is 1. The number of nitrogens with zero attached hydrogens (tertiary/aromatic N) is 5. The van der Waals surface area contributed by atoms with Gasteiger partial charge in [-0.1, -0.05) is 27.7 Å². The number of methoxy groups -OCH3 is 1. The third kappa shape index (κ3) is 9.33. The van der Waals surface area contributed by atoms with Gasteiger partial charge >= 0.3 is 12.1 Å². The van der Waals surface area contributed by atoms with E-state index >= 15 is 0 Å². The number of aliphatic hydroxyl groups is 1. The van der Waals surface area contributed by atoms with Crippen molar-refractivity contribution in [2.24, 2.45) is 23.7 Å². The van der Waals surface area contributed by atoms with Gasteiger partial charge in [0.15, 0.2) is 17.7 Å². The van der Waals surface area contributed by atoms with E-state index in [9.17, 15) is 24.3 Å². The SMILES string of the molecule is CC[C@H]1OC(=O)[C@H](C)C(=O)[C@H](C)[C@@H](O[C@H]2O[C@H](C)C[C@H](N(C)C)[C@H]2O)[C@](C)(OC)C[C@@H](C)C(=O)[C@H](C)[C@H]2N(CCCCn3cnc(-c4cccnc4)c3)C(=O)O[C@]12C. The number of carbonyl (C=O) groups is 4. The number of carbonyl (C=O) groups excluding carboxylic acids is 4. The second-order valence-corrected chi connectivity index (χ2v) is 17.3. The van der Waals surface area contributed by atoms with Crippen LogP contribution in [0.5, 0.6) is 0 Å². The van der Waals surface area contributed by atoms with Gasteiger partial charge in [-0.15, -0.1) is 0 Å². The molecular formula is C43H65N5O10. The summed E-state index contributed by atoms with van der Waals surface area (Å²) < 4.78 is 33.2. The Morgan fingerprint density at radius 3 is 2.36 bits per heavy atom. The molecule has 2 aromatic heterocycles. The number of hydrogen-bond donors (Lipinski definition) is 1. The van der Waals surface area contributed by atoms with Crippen molar-refractivity contribution in [1.29, 1.82) is 0 Å². The highest BCUT2D eigenvalue weighted by Gasteiger charge is 2.60. The first kappa shape index (κ1) is 45.3. The van der Waals surface area contributed by atoms with Crippen LogP contribution in [-0.2, 0) is 44.6 Å². The number of ketones is 2. The van der Waals surface area contributed by atoms with E-state index in [0.717, 1.165) is 11.3 Å². The maximum Gasteiger partial charge on any atom is 0.410 e. The molecule has 13 atom stereocenters. The fraction of sp³-hybridized carbons (Fsp3) is 0.721. The highest BCUT2D eigenvalue weighted by Crippen LogP contribution is 2.43. The number of aromatic nitrogens is 3. The molecule has 0 spiro atoms. The van der Waals surface area contributed by atoms with Crippen LogP contribution in [0, 0.1) is 23.7 Å². The zero-order chi connectivity index (χ0) is 42.7. The Morgan fingerprint density at radius 1 is 1.02 bits per heavy atom. The van der Waals surface area contributed by atoms with E-state index < -0.39 is 83.4 Å². The van der Waals surface area contributed by atoms with E-state index in [0.29, 0.717) is 32.4 Å². The molecule has 3 fully saturated rings. The van der Waals surface area contributed by atoms with Gasteiger partial charge in [0.25, 0.3) is 0 Å². The summed E-state index contributed by atoms with van der Waals surface area (Å²) in [4.78, 5) is 69.0. The van der Waals surface area contributed by atoms with Crippen LogP contribution in [0.2, 0.25) is 0 Å². The molecular weight excluding hydrogens is 746 g/mol. The summed E-state index contributed by atoms with van der Waals surface area (Å²) in [6, 6.07) is 2.74. The molecule has 15 heteroatoms. The monoisotopic (exact) mass is 811 g/mol. The molecule has 0 aromatic carbocycles. The van der Waals surface area contributed by atoms with Crippen molar-refractivity contribution in [2.75, 3.05) is 27.7 Å². The number of Topliss-reactive ketones (excluding diaryl/α,β-unsaturated/α-hetero) is 2. The van der Waals surface area contributed by atoms with Crippen LogP contribution in [0.4, 0.5) is 4.79 Å². The summed E-state index contributed by atoms with van der Waals surface area (Å²) >= 11 is 0. The molecule has 1 amide bonds. The first-order valence-electron chi connectivity index (χ1n) is 20.8. The van der Waals surface area contributed by atoms with Crippen LogP contribution < -0.4 is 0 Å². The highest BCUT2D eigenvalue weighted by molar-refractivity contribution is 6.00. The summed E-state index contributed by atoms with van der Waals surface area (Å²) in [5.74, 6) is -4.95. The number of aryl methyl sites for hydroxylation is 1. The summed E-state index contributed by atoms with van der Waals surface area (Å²) in [5.41, 5.74) is -0.938. The standard InChI is InChI=1S/C43H65N5O10/c1-12-33-43(8)37(48(41(53)58-43)19-14-13-18-47-23-31(45-24-47)30-16-15-17-44-22-30)27(4)34(49)25(2)21-42(7,54-11)38(28(5)35(50)29(6)39(52)56-33)57-40-36(51)32(46(9)10)20-26(3)55-40/h15-17,22-29,32-33,36-38,40,51H,12-14,18-21H2,1-11H3/t25-,26-,27+,28+,29-,32+,33-,36-,37-,38-,40-,42-,43-/m1/s1. The summed E-state index contributed by atoms with van der Waals surface area (Å²) in [7, 11) is 5.24. The molecule has 2 aromatic rings. The van der Waals surface area contributed by atoms with E-state index in [1.807, 2.05) is 62.7 Å². The van der Waals surface area contributed by atoms with Crippen molar-refractivity contribution in [3.63, 3.8) is 0 Å². The van der Waals surface area contributed by atoms with Gasteiger partial charge in [0.05, 0.1) is 35.9 Å². The Kier molecular flexibility index (Phi) is 14.6. The van der Waals surface area contributed by atoms with Crippen LogP contribution in [0.15, 0.2) is 37.1 Å². The molecule has 322 valence electrons. The van der Waals surface area contributed by atoms with Gasteiger partial charge in [-0.05, 0) is 86.0 Å². The number of aliphatic hydroxyl groups excluding tert-OH is 1. The van der Waals surface area contributed by atoms with Crippen LogP contribution in [0.3, 0.4) is 0 Å². The van der Waals surface area contributed by atoms with Crippen molar-refractivity contribution in [3.05, 3.63) is 37.1 Å². The average Bonchev–Trinajstić information content (AvgIpc) is 3.78. The van der Waals surface area contributed by atoms with Crippen molar-refractivity contribution in [1.82, 2.24) is 24.3 Å².